The number of rotatable bonds is 34. The van der Waals surface area contributed by atoms with E-state index in [9.17, 15) is 19.2 Å². The molecule has 0 radical (unpaired) electrons. The fraction of sp³-hybridized carbons (Fsp3) is 0.680. The van der Waals surface area contributed by atoms with Crippen LogP contribution in [0.1, 0.15) is 236 Å². The molecule has 0 amide bonds. The molecule has 328 valence electrons. The van der Waals surface area contributed by atoms with Crippen molar-refractivity contribution in [1.82, 2.24) is 0 Å². The molecule has 0 bridgehead atoms. The molecule has 8 nitrogen and oxygen atoms in total. The molecule has 0 spiro atoms. The Morgan fingerprint density at radius 2 is 0.466 bits per heavy atom. The van der Waals surface area contributed by atoms with Crippen molar-refractivity contribution >= 4 is 23.9 Å². The van der Waals surface area contributed by atoms with Gasteiger partial charge in [-0.2, -0.15) is 0 Å². The number of carbonyl (C=O) groups excluding carboxylic acids is 4. The first-order valence-electron chi connectivity index (χ1n) is 23.3. The summed E-state index contributed by atoms with van der Waals surface area (Å²) in [4.78, 5) is 49.5. The van der Waals surface area contributed by atoms with Gasteiger partial charge in [0, 0.05) is 0 Å². The van der Waals surface area contributed by atoms with Crippen molar-refractivity contribution in [2.75, 3.05) is 26.4 Å². The molecule has 0 fully saturated rings. The van der Waals surface area contributed by atoms with Crippen LogP contribution < -0.4 is 0 Å². The van der Waals surface area contributed by atoms with Crippen molar-refractivity contribution in [3.8, 4) is 0 Å². The molecule has 0 saturated heterocycles. The zero-order valence-electron chi connectivity index (χ0n) is 37.1. The maximum Gasteiger partial charge on any atom is 0.339 e. The fourth-order valence-electron chi connectivity index (χ4n) is 6.53. The molecule has 0 heterocycles. The Kier molecular flexibility index (Phi) is 33.9. The smallest absolute Gasteiger partial charge is 0.339 e. The van der Waals surface area contributed by atoms with Crippen molar-refractivity contribution in [3.05, 3.63) is 70.8 Å². The largest absolute Gasteiger partial charge is 0.462 e. The van der Waals surface area contributed by atoms with Gasteiger partial charge < -0.3 is 18.9 Å². The highest BCUT2D eigenvalue weighted by molar-refractivity contribution is 6.03. The number of esters is 4. The van der Waals surface area contributed by atoms with Gasteiger partial charge >= 0.3 is 23.9 Å². The third kappa shape index (κ3) is 26.3. The van der Waals surface area contributed by atoms with Crippen LogP contribution in [0.25, 0.3) is 0 Å². The highest BCUT2D eigenvalue weighted by Crippen LogP contribution is 2.16. The van der Waals surface area contributed by atoms with E-state index in [0.29, 0.717) is 48.7 Å². The van der Waals surface area contributed by atoms with Crippen LogP contribution in [0.15, 0.2) is 48.5 Å². The molecule has 0 saturated carbocycles. The van der Waals surface area contributed by atoms with Crippen LogP contribution in [0.2, 0.25) is 0 Å². The van der Waals surface area contributed by atoms with E-state index in [0.717, 1.165) is 51.4 Å². The van der Waals surface area contributed by atoms with Gasteiger partial charge in [0.25, 0.3) is 0 Å². The van der Waals surface area contributed by atoms with Gasteiger partial charge in [0.2, 0.25) is 0 Å². The Bertz CT molecular complexity index is 1240. The van der Waals surface area contributed by atoms with Crippen LogP contribution in [0.5, 0.6) is 0 Å². The number of carbonyl (C=O) groups is 4. The summed E-state index contributed by atoms with van der Waals surface area (Å²) in [6.07, 6.45) is 30.0. The number of hydrogen-bond donors (Lipinski definition) is 0. The molecule has 58 heavy (non-hydrogen) atoms. The van der Waals surface area contributed by atoms with E-state index in [1.807, 2.05) is 0 Å². The Hall–Kier alpha value is -3.68. The summed E-state index contributed by atoms with van der Waals surface area (Å²) in [7, 11) is 0. The highest BCUT2D eigenvalue weighted by Gasteiger charge is 2.20. The molecular weight excluding hydrogens is 729 g/mol. The lowest BCUT2D eigenvalue weighted by Gasteiger charge is -2.10. The monoisotopic (exact) mass is 809 g/mol. The van der Waals surface area contributed by atoms with Crippen molar-refractivity contribution in [2.24, 2.45) is 0 Å². The minimum absolute atomic E-state index is 0.293. The normalized spacial score (nSPS) is 10.7. The number of unbranched alkanes of at least 4 members (excludes halogenated alkanes) is 22. The fourth-order valence-corrected chi connectivity index (χ4v) is 6.53. The molecule has 0 N–H and O–H groups in total. The Balaban J connectivity index is 0.000000581. The van der Waals surface area contributed by atoms with E-state index in [4.69, 9.17) is 18.9 Å². The summed E-state index contributed by atoms with van der Waals surface area (Å²) < 4.78 is 21.5. The SMILES string of the molecule is CCCCCCCCCOC(=O)c1ccccc1C(=O)OCCCCCCCCC.CCCCCCCCOC(=O)c1ccccc1C(=O)OCCCCCCCC. The first kappa shape index (κ1) is 52.3. The molecule has 8 heteroatoms. The molecule has 2 rings (SSSR count). The van der Waals surface area contributed by atoms with Crippen molar-refractivity contribution < 1.29 is 38.1 Å². The van der Waals surface area contributed by atoms with Gasteiger partial charge in [0.15, 0.2) is 0 Å². The lowest BCUT2D eigenvalue weighted by atomic mass is 10.1. The van der Waals surface area contributed by atoms with Crippen molar-refractivity contribution in [2.45, 2.75) is 195 Å². The summed E-state index contributed by atoms with van der Waals surface area (Å²) in [6.45, 7) is 10.4. The summed E-state index contributed by atoms with van der Waals surface area (Å²) in [5.74, 6) is -1.77. The highest BCUT2D eigenvalue weighted by atomic mass is 16.5. The minimum Gasteiger partial charge on any atom is -0.462 e. The molecular formula is C50H80O8. The van der Waals surface area contributed by atoms with Gasteiger partial charge in [-0.1, -0.05) is 193 Å². The summed E-state index contributed by atoms with van der Waals surface area (Å²) >= 11 is 0. The van der Waals surface area contributed by atoms with Gasteiger partial charge in [-0.3, -0.25) is 0 Å². The lowest BCUT2D eigenvalue weighted by molar-refractivity contribution is 0.0450. The van der Waals surface area contributed by atoms with E-state index >= 15 is 0 Å². The number of benzene rings is 2. The van der Waals surface area contributed by atoms with Gasteiger partial charge in [-0.15, -0.1) is 0 Å². The summed E-state index contributed by atoms with van der Waals surface area (Å²) in [5, 5.41) is 0. The molecule has 0 aliphatic heterocycles. The van der Waals surface area contributed by atoms with Gasteiger partial charge in [-0.05, 0) is 49.9 Å². The van der Waals surface area contributed by atoms with Gasteiger partial charge in [0.05, 0.1) is 48.7 Å². The lowest BCUT2D eigenvalue weighted by Crippen LogP contribution is -2.15. The molecule has 0 aliphatic rings. The molecule has 2 aromatic carbocycles. The first-order chi connectivity index (χ1) is 28.4. The maximum atomic E-state index is 12.4. The zero-order chi connectivity index (χ0) is 42.3. The maximum absolute atomic E-state index is 12.4. The minimum atomic E-state index is -0.444. The second kappa shape index (κ2) is 37.6. The van der Waals surface area contributed by atoms with E-state index in [-0.39, 0.29) is 0 Å². The molecule has 0 aliphatic carbocycles. The van der Waals surface area contributed by atoms with Crippen molar-refractivity contribution in [3.63, 3.8) is 0 Å². The third-order valence-electron chi connectivity index (χ3n) is 10.2. The Morgan fingerprint density at radius 3 is 0.655 bits per heavy atom. The number of ether oxygens (including phenoxy) is 4. The topological polar surface area (TPSA) is 105 Å². The first-order valence-corrected chi connectivity index (χ1v) is 23.3. The Labute approximate surface area is 352 Å². The van der Waals surface area contributed by atoms with Crippen LogP contribution in [0.3, 0.4) is 0 Å². The zero-order valence-corrected chi connectivity index (χ0v) is 37.1. The van der Waals surface area contributed by atoms with E-state index < -0.39 is 23.9 Å². The predicted molar refractivity (Wildman–Crippen MR) is 237 cm³/mol. The quantitative estimate of drug-likeness (QED) is 0.0391. The van der Waals surface area contributed by atoms with E-state index in [2.05, 4.69) is 27.7 Å². The Morgan fingerprint density at radius 1 is 0.293 bits per heavy atom. The van der Waals surface area contributed by atoms with Gasteiger partial charge in [0.1, 0.15) is 0 Å². The molecule has 0 atom stereocenters. The van der Waals surface area contributed by atoms with Crippen LogP contribution in [-0.4, -0.2) is 50.3 Å². The summed E-state index contributed by atoms with van der Waals surface area (Å²) in [6, 6.07) is 13.5. The third-order valence-corrected chi connectivity index (χ3v) is 10.2. The number of hydrogen-bond acceptors (Lipinski definition) is 8. The van der Waals surface area contributed by atoms with Crippen LogP contribution in [-0.2, 0) is 18.9 Å². The predicted octanol–water partition coefficient (Wildman–Crippen LogP) is 14.2. The second-order valence-electron chi connectivity index (χ2n) is 15.4. The average Bonchev–Trinajstić information content (AvgIpc) is 3.24. The van der Waals surface area contributed by atoms with Crippen LogP contribution in [0.4, 0.5) is 0 Å². The van der Waals surface area contributed by atoms with Gasteiger partial charge in [-0.25, -0.2) is 19.2 Å². The van der Waals surface area contributed by atoms with Crippen LogP contribution >= 0.6 is 0 Å². The average molecular weight is 809 g/mol. The van der Waals surface area contributed by atoms with Crippen molar-refractivity contribution in [1.29, 1.82) is 0 Å². The molecule has 0 aromatic heterocycles. The summed E-state index contributed by atoms with van der Waals surface area (Å²) in [5.41, 5.74) is 1.18. The van der Waals surface area contributed by atoms with E-state index in [1.165, 1.54) is 116 Å². The van der Waals surface area contributed by atoms with E-state index in [1.54, 1.807) is 48.5 Å². The second-order valence-corrected chi connectivity index (χ2v) is 15.4. The standard InChI is InChI=1S/C26H42O4.C24H38O4/c1-3-5-7-9-11-13-17-21-29-25(27)23-19-15-16-20-24(23)26(28)30-22-18-14-12-10-8-6-4-2;1-3-5-7-9-11-15-19-27-23(25)21-17-13-14-18-22(21)24(26)28-20-16-12-10-8-6-4-2/h15-16,19-20H,3-14,17-18,21-22H2,1-2H3;13-14,17-18H,3-12,15-16,19-20H2,1-2H3. The molecule has 2 aromatic rings. The molecule has 0 unspecified atom stereocenters. The van der Waals surface area contributed by atoms with Crippen LogP contribution in [0, 0.1) is 0 Å².